The van der Waals surface area contributed by atoms with E-state index < -0.39 is 15.8 Å². The molecule has 0 spiro atoms. The van der Waals surface area contributed by atoms with E-state index in [-0.39, 0.29) is 22.0 Å². The topological polar surface area (TPSA) is 63.4 Å². The van der Waals surface area contributed by atoms with E-state index in [0.717, 1.165) is 12.1 Å². The summed E-state index contributed by atoms with van der Waals surface area (Å²) in [6, 6.07) is 3.14. The third kappa shape index (κ3) is 2.91. The summed E-state index contributed by atoms with van der Waals surface area (Å²) in [4.78, 5) is -0.0575. The highest BCUT2D eigenvalue weighted by Crippen LogP contribution is 2.29. The molecule has 1 aromatic carbocycles. The van der Waals surface area contributed by atoms with Crippen molar-refractivity contribution in [2.45, 2.75) is 36.7 Å². The van der Waals surface area contributed by atoms with Crippen LogP contribution in [0.3, 0.4) is 0 Å². The van der Waals surface area contributed by atoms with E-state index in [1.807, 2.05) is 6.92 Å². The Labute approximate surface area is 117 Å². The highest BCUT2D eigenvalue weighted by atomic mass is 35.5. The van der Waals surface area contributed by atoms with E-state index >= 15 is 0 Å². The Kier molecular flexibility index (Phi) is 4.15. The monoisotopic (exact) mass is 306 g/mol. The molecule has 1 aliphatic rings. The van der Waals surface area contributed by atoms with Gasteiger partial charge < -0.3 is 5.73 Å². The molecule has 1 heterocycles. The van der Waals surface area contributed by atoms with Crippen LogP contribution in [-0.2, 0) is 10.0 Å². The first kappa shape index (κ1) is 14.7. The molecule has 1 aromatic rings. The minimum absolute atomic E-state index is 0.0186. The van der Waals surface area contributed by atoms with E-state index in [1.165, 1.54) is 10.4 Å². The molecular formula is C12H16ClFN2O2S. The smallest absolute Gasteiger partial charge is 0.244 e. The second kappa shape index (κ2) is 5.36. The zero-order valence-corrected chi connectivity index (χ0v) is 12.1. The molecule has 2 N–H and O–H groups in total. The van der Waals surface area contributed by atoms with Crippen molar-refractivity contribution in [1.82, 2.24) is 4.31 Å². The van der Waals surface area contributed by atoms with Gasteiger partial charge in [0.05, 0.1) is 5.02 Å². The highest BCUT2D eigenvalue weighted by molar-refractivity contribution is 7.89. The van der Waals surface area contributed by atoms with Crippen LogP contribution in [0.25, 0.3) is 0 Å². The van der Waals surface area contributed by atoms with E-state index in [9.17, 15) is 12.8 Å². The molecule has 0 unspecified atom stereocenters. The van der Waals surface area contributed by atoms with Crippen molar-refractivity contribution in [3.05, 3.63) is 29.0 Å². The summed E-state index contributed by atoms with van der Waals surface area (Å²) >= 11 is 5.84. The van der Waals surface area contributed by atoms with Crippen molar-refractivity contribution < 1.29 is 12.8 Å². The fraction of sp³-hybridized carbons (Fsp3) is 0.500. The van der Waals surface area contributed by atoms with E-state index in [4.69, 9.17) is 17.3 Å². The van der Waals surface area contributed by atoms with Gasteiger partial charge in [-0.25, -0.2) is 12.8 Å². The van der Waals surface area contributed by atoms with Crippen LogP contribution < -0.4 is 5.73 Å². The van der Waals surface area contributed by atoms with Crippen molar-refractivity contribution in [3.8, 4) is 0 Å². The third-order valence-electron chi connectivity index (χ3n) is 3.34. The Balaban J connectivity index is 2.37. The minimum Gasteiger partial charge on any atom is -0.328 e. The van der Waals surface area contributed by atoms with Crippen molar-refractivity contribution >= 4 is 21.6 Å². The number of sulfonamides is 1. The lowest BCUT2D eigenvalue weighted by molar-refractivity contribution is 0.247. The van der Waals surface area contributed by atoms with Crippen LogP contribution in [0.1, 0.15) is 19.8 Å². The largest absolute Gasteiger partial charge is 0.328 e. The summed E-state index contributed by atoms with van der Waals surface area (Å²) in [5.74, 6) is -0.558. The molecule has 4 nitrogen and oxygen atoms in total. The summed E-state index contributed by atoms with van der Waals surface area (Å²) in [6.07, 6.45) is 1.22. The zero-order chi connectivity index (χ0) is 14.2. The molecule has 19 heavy (non-hydrogen) atoms. The molecule has 0 aliphatic carbocycles. The maximum atomic E-state index is 13.0. The van der Waals surface area contributed by atoms with Crippen LogP contribution in [0.15, 0.2) is 23.1 Å². The van der Waals surface area contributed by atoms with Crippen LogP contribution in [0.2, 0.25) is 5.02 Å². The number of halogens is 2. The standard InChI is InChI=1S/C12H16ClFN2O2S/c1-8-6-10(15)4-5-16(8)19(17,18)12-3-2-9(14)7-11(12)13/h2-3,7-8,10H,4-6,15H2,1H3/t8-,10+/m0/s1. The third-order valence-corrected chi connectivity index (χ3v) is 5.83. The second-order valence-corrected chi connectivity index (χ2v) is 7.09. The molecule has 2 atom stereocenters. The molecular weight excluding hydrogens is 291 g/mol. The lowest BCUT2D eigenvalue weighted by Gasteiger charge is -2.35. The summed E-state index contributed by atoms with van der Waals surface area (Å²) in [5.41, 5.74) is 5.82. The van der Waals surface area contributed by atoms with Gasteiger partial charge in [0.25, 0.3) is 0 Å². The lowest BCUT2D eigenvalue weighted by atomic mass is 10.0. The summed E-state index contributed by atoms with van der Waals surface area (Å²) in [6.45, 7) is 2.17. The number of nitrogens with two attached hydrogens (primary N) is 1. The van der Waals surface area contributed by atoms with Crippen molar-refractivity contribution in [3.63, 3.8) is 0 Å². The lowest BCUT2D eigenvalue weighted by Crippen LogP contribution is -2.48. The molecule has 0 bridgehead atoms. The predicted molar refractivity (Wildman–Crippen MR) is 72.0 cm³/mol. The Hall–Kier alpha value is -0.690. The predicted octanol–water partition coefficient (Wildman–Crippen LogP) is 1.98. The molecule has 1 saturated heterocycles. The highest BCUT2D eigenvalue weighted by Gasteiger charge is 2.34. The van der Waals surface area contributed by atoms with E-state index in [2.05, 4.69) is 0 Å². The maximum Gasteiger partial charge on any atom is 0.244 e. The second-order valence-electron chi connectivity index (χ2n) is 4.82. The Morgan fingerprint density at radius 2 is 2.16 bits per heavy atom. The van der Waals surface area contributed by atoms with Crippen molar-refractivity contribution in [2.75, 3.05) is 6.54 Å². The summed E-state index contributed by atoms with van der Waals surface area (Å²) in [5, 5.41) is -0.0953. The van der Waals surface area contributed by atoms with Crippen LogP contribution in [0.4, 0.5) is 4.39 Å². The number of benzene rings is 1. The molecule has 0 amide bonds. The number of rotatable bonds is 2. The molecule has 0 radical (unpaired) electrons. The Bertz CT molecular complexity index is 579. The first-order valence-corrected chi connectivity index (χ1v) is 7.86. The molecule has 1 aliphatic heterocycles. The number of hydrogen-bond donors (Lipinski definition) is 1. The Morgan fingerprint density at radius 3 is 2.74 bits per heavy atom. The van der Waals surface area contributed by atoms with Gasteiger partial charge in [-0.1, -0.05) is 11.6 Å². The molecule has 0 saturated carbocycles. The maximum absolute atomic E-state index is 13.0. The van der Waals surface area contributed by atoms with Gasteiger partial charge in [-0.15, -0.1) is 0 Å². The van der Waals surface area contributed by atoms with E-state index in [0.29, 0.717) is 19.4 Å². The summed E-state index contributed by atoms with van der Waals surface area (Å²) < 4.78 is 39.4. The van der Waals surface area contributed by atoms with Gasteiger partial charge in [0.1, 0.15) is 10.7 Å². The first-order valence-electron chi connectivity index (χ1n) is 6.05. The minimum atomic E-state index is -3.70. The van der Waals surface area contributed by atoms with Gasteiger partial charge >= 0.3 is 0 Å². The zero-order valence-electron chi connectivity index (χ0n) is 10.5. The average Bonchev–Trinajstić information content (AvgIpc) is 2.27. The molecule has 7 heteroatoms. The average molecular weight is 307 g/mol. The number of hydrogen-bond acceptors (Lipinski definition) is 3. The number of piperidine rings is 1. The van der Waals surface area contributed by atoms with Gasteiger partial charge in [0.2, 0.25) is 10.0 Å². The van der Waals surface area contributed by atoms with Gasteiger partial charge in [0, 0.05) is 18.6 Å². The van der Waals surface area contributed by atoms with Crippen LogP contribution in [0, 0.1) is 5.82 Å². The normalized spacial score (nSPS) is 25.5. The molecule has 106 valence electrons. The van der Waals surface area contributed by atoms with Crippen LogP contribution in [-0.4, -0.2) is 31.4 Å². The fourth-order valence-electron chi connectivity index (χ4n) is 2.35. The van der Waals surface area contributed by atoms with Crippen molar-refractivity contribution in [1.29, 1.82) is 0 Å². The van der Waals surface area contributed by atoms with Gasteiger partial charge in [-0.2, -0.15) is 4.31 Å². The first-order chi connectivity index (χ1) is 8.82. The molecule has 1 fully saturated rings. The van der Waals surface area contributed by atoms with Crippen LogP contribution >= 0.6 is 11.6 Å². The van der Waals surface area contributed by atoms with Gasteiger partial charge in [0.15, 0.2) is 0 Å². The van der Waals surface area contributed by atoms with Crippen molar-refractivity contribution in [2.24, 2.45) is 5.73 Å². The summed E-state index contributed by atoms with van der Waals surface area (Å²) in [7, 11) is -3.70. The number of nitrogens with zero attached hydrogens (tertiary/aromatic N) is 1. The SMILES string of the molecule is C[C@H]1C[C@H](N)CCN1S(=O)(=O)c1ccc(F)cc1Cl. The van der Waals surface area contributed by atoms with Gasteiger partial charge in [-0.05, 0) is 38.0 Å². The molecule has 0 aromatic heterocycles. The Morgan fingerprint density at radius 1 is 1.47 bits per heavy atom. The fourth-order valence-corrected chi connectivity index (χ4v) is 4.52. The quantitative estimate of drug-likeness (QED) is 0.908. The van der Waals surface area contributed by atoms with Gasteiger partial charge in [-0.3, -0.25) is 0 Å². The molecule has 2 rings (SSSR count). The van der Waals surface area contributed by atoms with Crippen LogP contribution in [0.5, 0.6) is 0 Å². The van der Waals surface area contributed by atoms with E-state index in [1.54, 1.807) is 0 Å².